The second-order valence-corrected chi connectivity index (χ2v) is 3.22. The minimum Gasteiger partial charge on any atom is -0.494 e. The van der Waals surface area contributed by atoms with E-state index in [9.17, 15) is 19.5 Å². The molecule has 0 aliphatic heterocycles. The number of anilines is 1. The molecule has 2 rings (SSSR count). The van der Waals surface area contributed by atoms with Gasteiger partial charge < -0.3 is 10.4 Å². The molecule has 2 heterocycles. The first-order valence-corrected chi connectivity index (χ1v) is 4.71. The van der Waals surface area contributed by atoms with Crippen LogP contribution in [0.1, 0.15) is 10.4 Å². The molecule has 2 aromatic rings. The molecule has 0 aromatic carbocycles. The first kappa shape index (κ1) is 11.5. The van der Waals surface area contributed by atoms with Crippen molar-refractivity contribution in [2.75, 3.05) is 5.32 Å². The Morgan fingerprint density at radius 1 is 1.28 bits per heavy atom. The Bertz CT molecular complexity index is 690. The van der Waals surface area contributed by atoms with E-state index in [-0.39, 0.29) is 0 Å². The average Bonchev–Trinajstić information content (AvgIpc) is 2.28. The van der Waals surface area contributed by atoms with Crippen molar-refractivity contribution in [2.24, 2.45) is 0 Å². The molecule has 92 valence electrons. The lowest BCUT2D eigenvalue weighted by atomic mass is 10.3. The number of carbonyl (C=O) groups excluding carboxylic acids is 1. The summed E-state index contributed by atoms with van der Waals surface area (Å²) in [6, 6.07) is 1.45. The van der Waals surface area contributed by atoms with Gasteiger partial charge in [0.1, 0.15) is 0 Å². The van der Waals surface area contributed by atoms with Crippen molar-refractivity contribution in [3.63, 3.8) is 0 Å². The van der Waals surface area contributed by atoms with Crippen molar-refractivity contribution in [1.29, 1.82) is 0 Å². The summed E-state index contributed by atoms with van der Waals surface area (Å²) in [6.45, 7) is 0. The number of H-pyrrole nitrogens is 2. The molecule has 0 radical (unpaired) electrons. The molecule has 1 amide bonds. The maximum atomic E-state index is 11.7. The van der Waals surface area contributed by atoms with Crippen molar-refractivity contribution in [1.82, 2.24) is 20.2 Å². The molecule has 4 N–H and O–H groups in total. The Labute approximate surface area is 98.5 Å². The second-order valence-electron chi connectivity index (χ2n) is 3.22. The van der Waals surface area contributed by atoms with Crippen LogP contribution in [0.2, 0.25) is 0 Å². The SMILES string of the molecule is O=C(Nc1ccnnc1)c1c(O)[nH]c(=O)[nH]c1=O. The smallest absolute Gasteiger partial charge is 0.328 e. The van der Waals surface area contributed by atoms with E-state index in [1.54, 1.807) is 0 Å². The van der Waals surface area contributed by atoms with Crippen molar-refractivity contribution >= 4 is 11.6 Å². The van der Waals surface area contributed by atoms with E-state index in [0.29, 0.717) is 5.69 Å². The minimum atomic E-state index is -0.990. The first-order valence-electron chi connectivity index (χ1n) is 4.71. The molecule has 9 heteroatoms. The normalized spacial score (nSPS) is 10.0. The lowest BCUT2D eigenvalue weighted by Crippen LogP contribution is -2.30. The van der Waals surface area contributed by atoms with Gasteiger partial charge in [-0.3, -0.25) is 19.6 Å². The third kappa shape index (κ3) is 2.24. The van der Waals surface area contributed by atoms with Crippen molar-refractivity contribution in [3.8, 4) is 5.88 Å². The van der Waals surface area contributed by atoms with E-state index in [1.165, 1.54) is 18.5 Å². The van der Waals surface area contributed by atoms with E-state index >= 15 is 0 Å². The number of amides is 1. The number of hydrogen-bond acceptors (Lipinski definition) is 6. The molecule has 2 aromatic heterocycles. The standard InChI is InChI=1S/C9H7N5O4/c15-6(12-4-1-2-10-11-3-4)5-7(16)13-9(18)14-8(5)17/h1-3H,(H,10,12,15)(H3,13,14,16,17,18). The lowest BCUT2D eigenvalue weighted by Gasteiger charge is -2.04. The van der Waals surface area contributed by atoms with E-state index in [4.69, 9.17) is 0 Å². The van der Waals surface area contributed by atoms with Crippen LogP contribution in [0, 0.1) is 0 Å². The van der Waals surface area contributed by atoms with Crippen LogP contribution >= 0.6 is 0 Å². The fourth-order valence-corrected chi connectivity index (χ4v) is 1.24. The first-order chi connectivity index (χ1) is 8.58. The van der Waals surface area contributed by atoms with Crippen LogP contribution in [0.4, 0.5) is 5.69 Å². The van der Waals surface area contributed by atoms with Crippen LogP contribution in [0.5, 0.6) is 5.88 Å². The summed E-state index contributed by atoms with van der Waals surface area (Å²) in [7, 11) is 0. The van der Waals surface area contributed by atoms with Crippen LogP contribution in [0.25, 0.3) is 0 Å². The Hall–Kier alpha value is -2.97. The molecule has 0 fully saturated rings. The summed E-state index contributed by atoms with van der Waals surface area (Å²) in [6.07, 6.45) is 2.60. The van der Waals surface area contributed by atoms with Gasteiger partial charge in [0.15, 0.2) is 5.56 Å². The van der Waals surface area contributed by atoms with Gasteiger partial charge in [0, 0.05) is 0 Å². The number of nitrogens with zero attached hydrogens (tertiary/aromatic N) is 2. The highest BCUT2D eigenvalue weighted by Gasteiger charge is 2.17. The molecule has 0 spiro atoms. The van der Waals surface area contributed by atoms with Gasteiger partial charge in [-0.05, 0) is 6.07 Å². The molecule has 9 nitrogen and oxygen atoms in total. The number of aromatic amines is 2. The van der Waals surface area contributed by atoms with Crippen molar-refractivity contribution < 1.29 is 9.90 Å². The second kappa shape index (κ2) is 4.49. The van der Waals surface area contributed by atoms with Crippen LogP contribution in [-0.4, -0.2) is 31.2 Å². The largest absolute Gasteiger partial charge is 0.494 e. The minimum absolute atomic E-state index is 0.292. The summed E-state index contributed by atoms with van der Waals surface area (Å²) in [5, 5.41) is 18.7. The third-order valence-electron chi connectivity index (χ3n) is 1.99. The average molecular weight is 249 g/mol. The van der Waals surface area contributed by atoms with E-state index in [1.807, 2.05) is 9.97 Å². The third-order valence-corrected chi connectivity index (χ3v) is 1.99. The number of nitrogens with one attached hydrogen (secondary N) is 3. The monoisotopic (exact) mass is 249 g/mol. The van der Waals surface area contributed by atoms with Crippen LogP contribution in [-0.2, 0) is 0 Å². The quantitative estimate of drug-likeness (QED) is 0.527. The Kier molecular flexibility index (Phi) is 2.87. The molecule has 0 aliphatic carbocycles. The molecule has 0 bridgehead atoms. The van der Waals surface area contributed by atoms with Crippen LogP contribution in [0.15, 0.2) is 28.0 Å². The zero-order chi connectivity index (χ0) is 13.1. The van der Waals surface area contributed by atoms with Crippen molar-refractivity contribution in [3.05, 3.63) is 44.9 Å². The Balaban J connectivity index is 2.36. The maximum Gasteiger partial charge on any atom is 0.328 e. The zero-order valence-corrected chi connectivity index (χ0v) is 8.80. The lowest BCUT2D eigenvalue weighted by molar-refractivity contribution is 0.102. The Morgan fingerprint density at radius 3 is 2.67 bits per heavy atom. The molecule has 0 saturated heterocycles. The molecule has 0 aliphatic rings. The summed E-state index contributed by atoms with van der Waals surface area (Å²) in [5.74, 6) is -1.68. The number of rotatable bonds is 2. The molecule has 0 atom stereocenters. The maximum absolute atomic E-state index is 11.7. The molecular weight excluding hydrogens is 242 g/mol. The number of aromatic nitrogens is 4. The predicted octanol–water partition coefficient (Wildman–Crippen LogP) is -1.19. The van der Waals surface area contributed by atoms with Gasteiger partial charge in [-0.1, -0.05) is 0 Å². The van der Waals surface area contributed by atoms with Gasteiger partial charge in [0.25, 0.3) is 11.5 Å². The molecule has 0 saturated carbocycles. The molecule has 0 unspecified atom stereocenters. The predicted molar refractivity (Wildman–Crippen MR) is 59.3 cm³/mol. The summed E-state index contributed by atoms with van der Waals surface area (Å²) in [5.41, 5.74) is -2.19. The van der Waals surface area contributed by atoms with Gasteiger partial charge in [-0.15, -0.1) is 0 Å². The highest BCUT2D eigenvalue weighted by Crippen LogP contribution is 2.09. The van der Waals surface area contributed by atoms with Crippen LogP contribution in [0.3, 0.4) is 0 Å². The van der Waals surface area contributed by atoms with Gasteiger partial charge in [0.2, 0.25) is 5.88 Å². The van der Waals surface area contributed by atoms with Gasteiger partial charge in [0.05, 0.1) is 18.1 Å². The summed E-state index contributed by atoms with van der Waals surface area (Å²) in [4.78, 5) is 37.6. The van der Waals surface area contributed by atoms with E-state index < -0.39 is 28.6 Å². The summed E-state index contributed by atoms with van der Waals surface area (Å²) >= 11 is 0. The highest BCUT2D eigenvalue weighted by molar-refractivity contribution is 6.05. The van der Waals surface area contributed by atoms with E-state index in [0.717, 1.165) is 0 Å². The zero-order valence-electron chi connectivity index (χ0n) is 8.80. The topological polar surface area (TPSA) is 141 Å². The molecular formula is C9H7N5O4. The number of hydrogen-bond donors (Lipinski definition) is 4. The van der Waals surface area contributed by atoms with E-state index in [2.05, 4.69) is 15.5 Å². The van der Waals surface area contributed by atoms with Gasteiger partial charge in [-0.25, -0.2) is 4.79 Å². The number of carbonyl (C=O) groups is 1. The van der Waals surface area contributed by atoms with Gasteiger partial charge in [-0.2, -0.15) is 10.2 Å². The van der Waals surface area contributed by atoms with Crippen LogP contribution < -0.4 is 16.6 Å². The van der Waals surface area contributed by atoms with Gasteiger partial charge >= 0.3 is 5.69 Å². The number of aromatic hydroxyl groups is 1. The Morgan fingerprint density at radius 2 is 2.06 bits per heavy atom. The fourth-order valence-electron chi connectivity index (χ4n) is 1.24. The highest BCUT2D eigenvalue weighted by atomic mass is 16.3. The fraction of sp³-hybridized carbons (Fsp3) is 0. The molecule has 18 heavy (non-hydrogen) atoms. The summed E-state index contributed by atoms with van der Waals surface area (Å²) < 4.78 is 0. The van der Waals surface area contributed by atoms with Crippen molar-refractivity contribution in [2.45, 2.75) is 0 Å².